The Kier molecular flexibility index (Phi) is 8.10. The van der Waals surface area contributed by atoms with Gasteiger partial charge in [0.1, 0.15) is 5.75 Å². The number of pyridine rings is 1. The number of non-ortho nitro benzene ring substituents is 1. The molecule has 0 spiro atoms. The summed E-state index contributed by atoms with van der Waals surface area (Å²) < 4.78 is 7.47. The van der Waals surface area contributed by atoms with Gasteiger partial charge in [0.15, 0.2) is 5.65 Å². The van der Waals surface area contributed by atoms with Gasteiger partial charge in [-0.2, -0.15) is 0 Å². The molecule has 0 aliphatic heterocycles. The van der Waals surface area contributed by atoms with Crippen molar-refractivity contribution in [1.29, 1.82) is 0 Å². The number of benzene rings is 2. The minimum Gasteiger partial charge on any atom is -0.497 e. The summed E-state index contributed by atoms with van der Waals surface area (Å²) in [5.74, 6) is -0.362. The zero-order valence-corrected chi connectivity index (χ0v) is 20.6. The number of ether oxygens (including phenoxy) is 1. The van der Waals surface area contributed by atoms with E-state index in [9.17, 15) is 30.3 Å². The highest BCUT2D eigenvalue weighted by atomic mass is 35.5. The van der Waals surface area contributed by atoms with E-state index < -0.39 is 37.6 Å². The molecule has 4 aromatic rings. The van der Waals surface area contributed by atoms with Gasteiger partial charge in [0.05, 0.1) is 48.7 Å². The fraction of sp³-hybridized carbons (Fsp3) is 0.136. The van der Waals surface area contributed by atoms with Crippen molar-refractivity contribution in [2.45, 2.75) is 20.0 Å². The van der Waals surface area contributed by atoms with Crippen molar-refractivity contribution in [1.82, 2.24) is 9.38 Å². The standard InChI is InChI=1S/C16H14Cl2N2O.C6H3N3O7/c1-10(2)21-13-5-3-11(4-6-13)15-9-20-8-12(17)7-14(18)16(20)19-15;10-6-4(8(13)14)1-3(7(11)12)2-5(6)9(15)16/h3-10H,1-2H3;1-2,10H. The van der Waals surface area contributed by atoms with Crippen LogP contribution in [0.2, 0.25) is 10.0 Å². The first-order valence-corrected chi connectivity index (χ1v) is 11.0. The summed E-state index contributed by atoms with van der Waals surface area (Å²) in [6.07, 6.45) is 3.85. The lowest BCUT2D eigenvalue weighted by Gasteiger charge is -2.09. The molecule has 192 valence electrons. The van der Waals surface area contributed by atoms with E-state index in [1.807, 2.05) is 48.7 Å². The Labute approximate surface area is 217 Å². The highest BCUT2D eigenvalue weighted by Gasteiger charge is 2.30. The maximum absolute atomic E-state index is 10.4. The number of hydrogen-bond acceptors (Lipinski definition) is 9. The van der Waals surface area contributed by atoms with Gasteiger partial charge in [-0.25, -0.2) is 4.98 Å². The van der Waals surface area contributed by atoms with E-state index in [-0.39, 0.29) is 6.10 Å². The average Bonchev–Trinajstić information content (AvgIpc) is 3.23. The van der Waals surface area contributed by atoms with Gasteiger partial charge in [0.25, 0.3) is 11.4 Å². The number of phenols is 1. The highest BCUT2D eigenvalue weighted by molar-refractivity contribution is 6.36. The fourth-order valence-corrected chi connectivity index (χ4v) is 3.64. The van der Waals surface area contributed by atoms with E-state index in [2.05, 4.69) is 4.98 Å². The molecule has 13 nitrogen and oxygen atoms in total. The molecule has 0 bridgehead atoms. The maximum Gasteiger partial charge on any atom is 0.324 e. The van der Waals surface area contributed by atoms with Gasteiger partial charge in [-0.05, 0) is 44.2 Å². The minimum atomic E-state index is -1.21. The smallest absolute Gasteiger partial charge is 0.324 e. The van der Waals surface area contributed by atoms with Crippen molar-refractivity contribution >= 4 is 45.9 Å². The Balaban J connectivity index is 0.000000214. The molecule has 0 saturated heterocycles. The number of phenolic OH excluding ortho intramolecular Hbond substituents is 1. The lowest BCUT2D eigenvalue weighted by molar-refractivity contribution is -0.404. The molecular weight excluding hydrogens is 533 g/mol. The lowest BCUT2D eigenvalue weighted by atomic mass is 10.1. The van der Waals surface area contributed by atoms with Crippen LogP contribution in [0.1, 0.15) is 13.8 Å². The predicted octanol–water partition coefficient (Wildman–Crippen LogP) is 6.21. The Morgan fingerprint density at radius 1 is 0.919 bits per heavy atom. The van der Waals surface area contributed by atoms with E-state index in [1.54, 1.807) is 12.3 Å². The molecule has 4 rings (SSSR count). The summed E-state index contributed by atoms with van der Waals surface area (Å²) in [6.45, 7) is 4.00. The summed E-state index contributed by atoms with van der Waals surface area (Å²) in [5, 5.41) is 41.3. The van der Waals surface area contributed by atoms with Crippen LogP contribution in [0.25, 0.3) is 16.9 Å². The molecule has 37 heavy (non-hydrogen) atoms. The molecule has 0 atom stereocenters. The molecule has 2 heterocycles. The molecule has 0 aliphatic carbocycles. The van der Waals surface area contributed by atoms with E-state index in [4.69, 9.17) is 33.0 Å². The third-order valence-corrected chi connectivity index (χ3v) is 5.14. The molecule has 0 unspecified atom stereocenters. The van der Waals surface area contributed by atoms with Gasteiger partial charge >= 0.3 is 11.4 Å². The number of nitrogens with zero attached hydrogens (tertiary/aromatic N) is 5. The van der Waals surface area contributed by atoms with Crippen LogP contribution < -0.4 is 4.74 Å². The van der Waals surface area contributed by atoms with Crippen LogP contribution in [-0.4, -0.2) is 35.4 Å². The number of rotatable bonds is 6. The van der Waals surface area contributed by atoms with E-state index in [0.717, 1.165) is 17.0 Å². The fourth-order valence-electron chi connectivity index (χ4n) is 3.11. The van der Waals surface area contributed by atoms with E-state index in [1.165, 1.54) is 0 Å². The molecule has 1 N–H and O–H groups in total. The Morgan fingerprint density at radius 3 is 1.97 bits per heavy atom. The third-order valence-electron chi connectivity index (χ3n) is 4.65. The number of halogens is 2. The largest absolute Gasteiger partial charge is 0.497 e. The second kappa shape index (κ2) is 11.1. The molecule has 15 heteroatoms. The monoisotopic (exact) mass is 549 g/mol. The summed E-state index contributed by atoms with van der Waals surface area (Å²) in [4.78, 5) is 32.3. The van der Waals surface area contributed by atoms with Gasteiger partial charge in [-0.3, -0.25) is 30.3 Å². The molecule has 0 fully saturated rings. The molecule has 0 amide bonds. The summed E-state index contributed by atoms with van der Waals surface area (Å²) >= 11 is 12.2. The van der Waals surface area contributed by atoms with E-state index >= 15 is 0 Å². The van der Waals surface area contributed by atoms with Crippen molar-refractivity contribution in [3.8, 4) is 22.8 Å². The summed E-state index contributed by atoms with van der Waals surface area (Å²) in [7, 11) is 0. The number of imidazole rings is 1. The first-order chi connectivity index (χ1) is 17.4. The number of nitro groups is 3. The minimum absolute atomic E-state index is 0.159. The van der Waals surface area contributed by atoms with Crippen molar-refractivity contribution in [2.24, 2.45) is 0 Å². The number of aromatic hydroxyl groups is 1. The van der Waals surface area contributed by atoms with Crippen LogP contribution in [0.15, 0.2) is 54.9 Å². The molecule has 2 aromatic carbocycles. The average molecular weight is 550 g/mol. The maximum atomic E-state index is 10.4. The predicted molar refractivity (Wildman–Crippen MR) is 134 cm³/mol. The molecule has 0 radical (unpaired) electrons. The lowest BCUT2D eigenvalue weighted by Crippen LogP contribution is -2.05. The Hall–Kier alpha value is -4.49. The van der Waals surface area contributed by atoms with Crippen LogP contribution in [0, 0.1) is 30.3 Å². The first kappa shape index (κ1) is 27.1. The van der Waals surface area contributed by atoms with Crippen LogP contribution in [-0.2, 0) is 0 Å². The van der Waals surface area contributed by atoms with Crippen molar-refractivity contribution in [2.75, 3.05) is 0 Å². The molecule has 0 aliphatic rings. The normalized spacial score (nSPS) is 10.6. The van der Waals surface area contributed by atoms with Crippen molar-refractivity contribution in [3.63, 3.8) is 0 Å². The summed E-state index contributed by atoms with van der Waals surface area (Å²) in [6, 6.07) is 10.4. The SMILES string of the molecule is CC(C)Oc1ccc(-c2cn3cc(Cl)cc(Cl)c3n2)cc1.O=[N+]([O-])c1cc([N+](=O)[O-])c(O)c([N+](=O)[O-])c1. The van der Waals surface area contributed by atoms with E-state index in [0.29, 0.717) is 27.8 Å². The zero-order valence-electron chi connectivity index (χ0n) is 19.1. The van der Waals surface area contributed by atoms with Gasteiger partial charge < -0.3 is 14.2 Å². The van der Waals surface area contributed by atoms with Gasteiger partial charge in [-0.1, -0.05) is 23.2 Å². The number of hydrogen-bond donors (Lipinski definition) is 1. The number of fused-ring (bicyclic) bond motifs is 1. The molecule has 2 aromatic heterocycles. The van der Waals surface area contributed by atoms with Crippen LogP contribution >= 0.6 is 23.2 Å². The Bertz CT molecular complexity index is 1470. The van der Waals surface area contributed by atoms with Crippen molar-refractivity contribution < 1.29 is 24.6 Å². The van der Waals surface area contributed by atoms with Crippen molar-refractivity contribution in [3.05, 3.63) is 95.2 Å². The van der Waals surface area contributed by atoms with Gasteiger partial charge in [0, 0.05) is 18.0 Å². The van der Waals surface area contributed by atoms with Gasteiger partial charge in [0.2, 0.25) is 0 Å². The van der Waals surface area contributed by atoms with Crippen LogP contribution in [0.3, 0.4) is 0 Å². The first-order valence-electron chi connectivity index (χ1n) is 10.3. The quantitative estimate of drug-likeness (QED) is 0.216. The molecule has 0 saturated carbocycles. The zero-order chi connectivity index (χ0) is 27.4. The number of aromatic nitrogens is 2. The third kappa shape index (κ3) is 6.39. The Morgan fingerprint density at radius 2 is 1.49 bits per heavy atom. The second-order valence-corrected chi connectivity index (χ2v) is 8.50. The highest BCUT2D eigenvalue weighted by Crippen LogP contribution is 2.39. The summed E-state index contributed by atoms with van der Waals surface area (Å²) in [5.41, 5.74) is -0.464. The number of nitro benzene ring substituents is 3. The topological polar surface area (TPSA) is 176 Å². The molecular formula is C22H17Cl2N5O8. The van der Waals surface area contributed by atoms with Crippen LogP contribution in [0.5, 0.6) is 11.5 Å². The second-order valence-electron chi connectivity index (χ2n) is 7.66. The van der Waals surface area contributed by atoms with Gasteiger partial charge in [-0.15, -0.1) is 0 Å². The van der Waals surface area contributed by atoms with Crippen LogP contribution in [0.4, 0.5) is 17.1 Å².